The van der Waals surface area contributed by atoms with Gasteiger partial charge in [-0.15, -0.1) is 11.3 Å². The fourth-order valence-electron chi connectivity index (χ4n) is 1.70. The predicted octanol–water partition coefficient (Wildman–Crippen LogP) is 4.18. The number of thiophene rings is 1. The van der Waals surface area contributed by atoms with Crippen LogP contribution in [0, 0.1) is 0 Å². The molecule has 0 spiro atoms. The molecule has 0 N–H and O–H groups in total. The highest BCUT2D eigenvalue weighted by atomic mass is 79.9. The Balaban J connectivity index is 2.23. The molecule has 4 nitrogen and oxygen atoms in total. The van der Waals surface area contributed by atoms with E-state index in [2.05, 4.69) is 30.9 Å². The SMILES string of the molecule is COc1ccc(-c2nc(Cl)nc3c(Br)csc23)cn1. The molecule has 3 aromatic heterocycles. The van der Waals surface area contributed by atoms with Gasteiger partial charge in [-0.25, -0.2) is 15.0 Å². The first-order valence-electron chi connectivity index (χ1n) is 5.29. The summed E-state index contributed by atoms with van der Waals surface area (Å²) in [6, 6.07) is 3.69. The maximum absolute atomic E-state index is 5.98. The van der Waals surface area contributed by atoms with Crippen molar-refractivity contribution in [3.63, 3.8) is 0 Å². The third-order valence-electron chi connectivity index (χ3n) is 2.56. The Morgan fingerprint density at radius 3 is 2.84 bits per heavy atom. The van der Waals surface area contributed by atoms with Crippen LogP contribution in [0.4, 0.5) is 0 Å². The Morgan fingerprint density at radius 1 is 1.32 bits per heavy atom. The summed E-state index contributed by atoms with van der Waals surface area (Å²) in [6.07, 6.45) is 1.71. The van der Waals surface area contributed by atoms with E-state index in [1.54, 1.807) is 30.7 Å². The van der Waals surface area contributed by atoms with Gasteiger partial charge >= 0.3 is 0 Å². The van der Waals surface area contributed by atoms with Gasteiger partial charge in [0, 0.05) is 23.2 Å². The molecule has 0 fully saturated rings. The summed E-state index contributed by atoms with van der Waals surface area (Å²) in [5.74, 6) is 0.563. The Morgan fingerprint density at radius 2 is 2.16 bits per heavy atom. The Bertz CT molecular complexity index is 745. The van der Waals surface area contributed by atoms with Gasteiger partial charge in [0.25, 0.3) is 0 Å². The minimum Gasteiger partial charge on any atom is -0.481 e. The molecule has 19 heavy (non-hydrogen) atoms. The zero-order valence-electron chi connectivity index (χ0n) is 9.72. The summed E-state index contributed by atoms with van der Waals surface area (Å²) < 4.78 is 6.94. The summed E-state index contributed by atoms with van der Waals surface area (Å²) in [5.41, 5.74) is 2.47. The van der Waals surface area contributed by atoms with Gasteiger partial charge in [-0.3, -0.25) is 0 Å². The van der Waals surface area contributed by atoms with Crippen LogP contribution >= 0.6 is 38.9 Å². The first-order chi connectivity index (χ1) is 9.19. The summed E-state index contributed by atoms with van der Waals surface area (Å²) in [4.78, 5) is 12.7. The predicted molar refractivity (Wildman–Crippen MR) is 79.9 cm³/mol. The Hall–Kier alpha value is -1.24. The number of hydrogen-bond acceptors (Lipinski definition) is 5. The van der Waals surface area contributed by atoms with E-state index in [9.17, 15) is 0 Å². The van der Waals surface area contributed by atoms with Crippen LogP contribution < -0.4 is 4.74 Å². The van der Waals surface area contributed by atoms with Crippen LogP contribution in [0.3, 0.4) is 0 Å². The normalized spacial score (nSPS) is 10.9. The first kappa shape index (κ1) is 12.8. The monoisotopic (exact) mass is 355 g/mol. The topological polar surface area (TPSA) is 47.9 Å². The van der Waals surface area contributed by atoms with Crippen LogP contribution in [0.2, 0.25) is 5.28 Å². The highest BCUT2D eigenvalue weighted by molar-refractivity contribution is 9.10. The molecular weight excluding hydrogens is 350 g/mol. The fraction of sp³-hybridized carbons (Fsp3) is 0.0833. The molecule has 96 valence electrons. The molecule has 0 bridgehead atoms. The maximum atomic E-state index is 5.98. The Kier molecular flexibility index (Phi) is 3.38. The van der Waals surface area contributed by atoms with Crippen molar-refractivity contribution in [3.05, 3.63) is 33.5 Å². The lowest BCUT2D eigenvalue weighted by Crippen LogP contribution is -1.91. The van der Waals surface area contributed by atoms with E-state index >= 15 is 0 Å². The number of methoxy groups -OCH3 is 1. The standard InChI is InChI=1S/C12H7BrClN3OS/c1-18-8-3-2-6(4-15-8)9-11-10(7(13)5-19-11)17-12(14)16-9/h2-5H,1H3. The summed E-state index contributed by atoms with van der Waals surface area (Å²) in [6.45, 7) is 0. The minimum absolute atomic E-state index is 0.220. The number of hydrogen-bond donors (Lipinski definition) is 0. The van der Waals surface area contributed by atoms with E-state index in [0.29, 0.717) is 5.88 Å². The summed E-state index contributed by atoms with van der Waals surface area (Å²) in [5, 5.41) is 2.19. The lowest BCUT2D eigenvalue weighted by Gasteiger charge is -2.04. The van der Waals surface area contributed by atoms with E-state index in [1.807, 2.05) is 11.4 Å². The molecule has 0 aliphatic heterocycles. The molecular formula is C12H7BrClN3OS. The maximum Gasteiger partial charge on any atom is 0.223 e. The molecule has 0 amide bonds. The lowest BCUT2D eigenvalue weighted by atomic mass is 10.2. The Labute approximate surface area is 126 Å². The summed E-state index contributed by atoms with van der Waals surface area (Å²) in [7, 11) is 1.58. The molecule has 7 heteroatoms. The van der Waals surface area contributed by atoms with Crippen molar-refractivity contribution in [1.29, 1.82) is 0 Å². The van der Waals surface area contributed by atoms with Crippen LogP contribution in [-0.2, 0) is 0 Å². The van der Waals surface area contributed by atoms with Gasteiger partial charge in [-0.1, -0.05) is 0 Å². The molecule has 3 aromatic rings. The van der Waals surface area contributed by atoms with Crippen LogP contribution in [0.25, 0.3) is 21.5 Å². The second-order valence-electron chi connectivity index (χ2n) is 3.69. The van der Waals surface area contributed by atoms with E-state index in [4.69, 9.17) is 16.3 Å². The van der Waals surface area contributed by atoms with Crippen LogP contribution in [-0.4, -0.2) is 22.1 Å². The first-order valence-corrected chi connectivity index (χ1v) is 7.35. The van der Waals surface area contributed by atoms with Gasteiger partial charge < -0.3 is 4.74 Å². The number of fused-ring (bicyclic) bond motifs is 1. The van der Waals surface area contributed by atoms with Crippen LogP contribution in [0.5, 0.6) is 5.88 Å². The minimum atomic E-state index is 0.220. The van der Waals surface area contributed by atoms with Crippen molar-refractivity contribution in [3.8, 4) is 17.1 Å². The highest BCUT2D eigenvalue weighted by Gasteiger charge is 2.13. The van der Waals surface area contributed by atoms with Gasteiger partial charge in [-0.05, 0) is 33.6 Å². The third-order valence-corrected chi connectivity index (χ3v) is 4.62. The number of halogens is 2. The molecule has 0 aromatic carbocycles. The van der Waals surface area contributed by atoms with Gasteiger partial charge in [0.15, 0.2) is 0 Å². The van der Waals surface area contributed by atoms with Crippen molar-refractivity contribution >= 4 is 49.1 Å². The number of pyridine rings is 1. The summed E-state index contributed by atoms with van der Waals surface area (Å²) >= 11 is 11.0. The zero-order valence-corrected chi connectivity index (χ0v) is 12.9. The number of nitrogens with zero attached hydrogens (tertiary/aromatic N) is 3. The molecule has 3 heterocycles. The molecule has 0 saturated carbocycles. The molecule has 0 aliphatic carbocycles. The molecule has 0 radical (unpaired) electrons. The van der Waals surface area contributed by atoms with Crippen molar-refractivity contribution < 1.29 is 4.74 Å². The van der Waals surface area contributed by atoms with E-state index < -0.39 is 0 Å². The van der Waals surface area contributed by atoms with Crippen LogP contribution in [0.15, 0.2) is 28.2 Å². The van der Waals surface area contributed by atoms with Gasteiger partial charge in [-0.2, -0.15) is 0 Å². The molecule has 0 saturated heterocycles. The van der Waals surface area contributed by atoms with E-state index in [0.717, 1.165) is 25.9 Å². The molecule has 3 rings (SSSR count). The van der Waals surface area contributed by atoms with Crippen molar-refractivity contribution in [2.24, 2.45) is 0 Å². The van der Waals surface area contributed by atoms with Crippen molar-refractivity contribution in [1.82, 2.24) is 15.0 Å². The van der Waals surface area contributed by atoms with Crippen molar-refractivity contribution in [2.75, 3.05) is 7.11 Å². The average Bonchev–Trinajstić information content (AvgIpc) is 2.80. The van der Waals surface area contributed by atoms with Gasteiger partial charge in [0.05, 0.1) is 22.0 Å². The quantitative estimate of drug-likeness (QED) is 0.646. The van der Waals surface area contributed by atoms with Gasteiger partial charge in [0.2, 0.25) is 11.2 Å². The largest absolute Gasteiger partial charge is 0.481 e. The fourth-order valence-corrected chi connectivity index (χ4v) is 3.44. The second kappa shape index (κ2) is 5.03. The third kappa shape index (κ3) is 2.31. The molecule has 0 unspecified atom stereocenters. The van der Waals surface area contributed by atoms with Gasteiger partial charge in [0.1, 0.15) is 5.52 Å². The van der Waals surface area contributed by atoms with E-state index in [1.165, 1.54) is 0 Å². The van der Waals surface area contributed by atoms with Crippen molar-refractivity contribution in [2.45, 2.75) is 0 Å². The average molecular weight is 357 g/mol. The zero-order chi connectivity index (χ0) is 13.4. The number of rotatable bonds is 2. The van der Waals surface area contributed by atoms with Crippen LogP contribution in [0.1, 0.15) is 0 Å². The second-order valence-corrected chi connectivity index (χ2v) is 5.76. The lowest BCUT2D eigenvalue weighted by molar-refractivity contribution is 0.398. The smallest absolute Gasteiger partial charge is 0.223 e. The molecule has 0 aliphatic rings. The van der Waals surface area contributed by atoms with E-state index in [-0.39, 0.29) is 5.28 Å². The highest BCUT2D eigenvalue weighted by Crippen LogP contribution is 2.36. The molecule has 0 atom stereocenters. The number of aromatic nitrogens is 3. The number of ether oxygens (including phenoxy) is 1.